The first-order chi connectivity index (χ1) is 7.45. The molecule has 0 saturated carbocycles. The van der Waals surface area contributed by atoms with Gasteiger partial charge in [-0.05, 0) is 25.7 Å². The van der Waals surface area contributed by atoms with Crippen LogP contribution in [0, 0.1) is 0 Å². The molecule has 2 aliphatic rings. The minimum Gasteiger partial charge on any atom is -0.378 e. The molecule has 1 saturated heterocycles. The van der Waals surface area contributed by atoms with Crippen LogP contribution in [-0.4, -0.2) is 24.9 Å². The third-order valence-corrected chi connectivity index (χ3v) is 3.23. The van der Waals surface area contributed by atoms with Gasteiger partial charge < -0.3 is 14.6 Å². The second-order valence-corrected chi connectivity index (χ2v) is 4.26. The highest BCUT2D eigenvalue weighted by Crippen LogP contribution is 2.28. The van der Waals surface area contributed by atoms with Gasteiger partial charge in [0.05, 0.1) is 24.9 Å². The first kappa shape index (κ1) is 9.36. The predicted octanol–water partition coefficient (Wildman–Crippen LogP) is 1.21. The van der Waals surface area contributed by atoms with Crippen molar-refractivity contribution in [1.82, 2.24) is 10.5 Å². The maximum atomic E-state index is 5.46. The number of hydrogen-bond acceptors (Lipinski definition) is 4. The second kappa shape index (κ2) is 3.94. The SMILES string of the molecule is C1CCc2c(noc2C2COCCN2)C1. The molecular formula is C11H16N2O2. The molecular weight excluding hydrogens is 192 g/mol. The monoisotopic (exact) mass is 208 g/mol. The molecule has 1 aliphatic heterocycles. The fourth-order valence-corrected chi connectivity index (χ4v) is 2.42. The van der Waals surface area contributed by atoms with Crippen LogP contribution in [0.2, 0.25) is 0 Å². The van der Waals surface area contributed by atoms with Crippen LogP contribution in [0.5, 0.6) is 0 Å². The van der Waals surface area contributed by atoms with Gasteiger partial charge >= 0.3 is 0 Å². The molecule has 82 valence electrons. The third-order valence-electron chi connectivity index (χ3n) is 3.23. The number of fused-ring (bicyclic) bond motifs is 1. The van der Waals surface area contributed by atoms with Crippen molar-refractivity contribution in [2.45, 2.75) is 31.7 Å². The van der Waals surface area contributed by atoms with Crippen LogP contribution in [0.15, 0.2) is 4.52 Å². The summed E-state index contributed by atoms with van der Waals surface area (Å²) in [6.07, 6.45) is 4.70. The maximum absolute atomic E-state index is 5.46. The summed E-state index contributed by atoms with van der Waals surface area (Å²) in [5, 5.41) is 7.57. The highest BCUT2D eigenvalue weighted by molar-refractivity contribution is 5.27. The summed E-state index contributed by atoms with van der Waals surface area (Å²) in [5.74, 6) is 1.02. The second-order valence-electron chi connectivity index (χ2n) is 4.26. The molecule has 1 unspecified atom stereocenters. The third kappa shape index (κ3) is 1.68. The van der Waals surface area contributed by atoms with E-state index >= 15 is 0 Å². The Hall–Kier alpha value is -0.870. The standard InChI is InChI=1S/C11H16N2O2/c1-2-4-9-8(3-1)11(15-13-9)10-7-14-6-5-12-10/h10,12H,1-7H2. The Bertz CT molecular complexity index is 342. The van der Waals surface area contributed by atoms with Gasteiger partial charge in [0, 0.05) is 12.1 Å². The summed E-state index contributed by atoms with van der Waals surface area (Å²) in [6.45, 7) is 2.41. The highest BCUT2D eigenvalue weighted by Gasteiger charge is 2.26. The van der Waals surface area contributed by atoms with Gasteiger partial charge in [-0.15, -0.1) is 0 Å². The molecule has 0 bridgehead atoms. The zero-order valence-electron chi connectivity index (χ0n) is 8.79. The van der Waals surface area contributed by atoms with E-state index in [-0.39, 0.29) is 6.04 Å². The molecule has 1 fully saturated rings. The lowest BCUT2D eigenvalue weighted by atomic mass is 9.94. The lowest BCUT2D eigenvalue weighted by Crippen LogP contribution is -2.34. The van der Waals surface area contributed by atoms with Crippen molar-refractivity contribution in [2.24, 2.45) is 0 Å². The normalized spacial score (nSPS) is 26.3. The van der Waals surface area contributed by atoms with E-state index in [1.165, 1.54) is 24.1 Å². The van der Waals surface area contributed by atoms with E-state index in [1.54, 1.807) is 0 Å². The number of ether oxygens (including phenoxy) is 1. The van der Waals surface area contributed by atoms with Gasteiger partial charge in [-0.3, -0.25) is 0 Å². The van der Waals surface area contributed by atoms with Gasteiger partial charge in [0.1, 0.15) is 0 Å². The lowest BCUT2D eigenvalue weighted by molar-refractivity contribution is 0.0673. The van der Waals surface area contributed by atoms with Gasteiger partial charge in [0.15, 0.2) is 5.76 Å². The van der Waals surface area contributed by atoms with Crippen LogP contribution >= 0.6 is 0 Å². The Morgan fingerprint density at radius 3 is 3.07 bits per heavy atom. The van der Waals surface area contributed by atoms with Crippen LogP contribution in [0.3, 0.4) is 0 Å². The predicted molar refractivity (Wildman–Crippen MR) is 54.7 cm³/mol. The van der Waals surface area contributed by atoms with Crippen molar-refractivity contribution in [3.8, 4) is 0 Å². The van der Waals surface area contributed by atoms with Gasteiger partial charge in [-0.25, -0.2) is 0 Å². The Labute approximate surface area is 89.0 Å². The van der Waals surface area contributed by atoms with E-state index in [2.05, 4.69) is 10.5 Å². The average molecular weight is 208 g/mol. The van der Waals surface area contributed by atoms with E-state index in [4.69, 9.17) is 9.26 Å². The molecule has 2 heterocycles. The van der Waals surface area contributed by atoms with Crippen LogP contribution < -0.4 is 5.32 Å². The van der Waals surface area contributed by atoms with Gasteiger partial charge in [-0.1, -0.05) is 5.16 Å². The van der Waals surface area contributed by atoms with Crippen LogP contribution in [0.1, 0.15) is 35.9 Å². The highest BCUT2D eigenvalue weighted by atomic mass is 16.5. The molecule has 1 aromatic rings. The largest absolute Gasteiger partial charge is 0.378 e. The summed E-state index contributed by atoms with van der Waals surface area (Å²) in [6, 6.07) is 0.216. The number of nitrogens with zero attached hydrogens (tertiary/aromatic N) is 1. The Morgan fingerprint density at radius 1 is 1.27 bits per heavy atom. The Kier molecular flexibility index (Phi) is 2.46. The molecule has 1 atom stereocenters. The van der Waals surface area contributed by atoms with Crippen molar-refractivity contribution in [3.05, 3.63) is 17.0 Å². The summed E-state index contributed by atoms with van der Waals surface area (Å²) in [4.78, 5) is 0. The quantitative estimate of drug-likeness (QED) is 0.753. The van der Waals surface area contributed by atoms with Crippen LogP contribution in [0.25, 0.3) is 0 Å². The topological polar surface area (TPSA) is 47.3 Å². The van der Waals surface area contributed by atoms with Crippen molar-refractivity contribution < 1.29 is 9.26 Å². The van der Waals surface area contributed by atoms with E-state index in [9.17, 15) is 0 Å². The summed E-state index contributed by atoms with van der Waals surface area (Å²) < 4.78 is 10.9. The zero-order chi connectivity index (χ0) is 10.1. The number of aromatic nitrogens is 1. The molecule has 4 nitrogen and oxygen atoms in total. The maximum Gasteiger partial charge on any atom is 0.159 e. The molecule has 1 N–H and O–H groups in total. The molecule has 15 heavy (non-hydrogen) atoms. The summed E-state index contributed by atoms with van der Waals surface area (Å²) >= 11 is 0. The van der Waals surface area contributed by atoms with Crippen LogP contribution in [0.4, 0.5) is 0 Å². The van der Waals surface area contributed by atoms with Gasteiger partial charge in [0.25, 0.3) is 0 Å². The molecule has 3 rings (SSSR count). The number of morpholine rings is 1. The molecule has 0 radical (unpaired) electrons. The fraction of sp³-hybridized carbons (Fsp3) is 0.727. The van der Waals surface area contributed by atoms with Crippen molar-refractivity contribution in [1.29, 1.82) is 0 Å². The smallest absolute Gasteiger partial charge is 0.159 e. The number of nitrogens with one attached hydrogen (secondary N) is 1. The van der Waals surface area contributed by atoms with E-state index in [0.29, 0.717) is 6.61 Å². The van der Waals surface area contributed by atoms with Gasteiger partial charge in [0.2, 0.25) is 0 Å². The molecule has 1 aliphatic carbocycles. The van der Waals surface area contributed by atoms with E-state index in [1.807, 2.05) is 0 Å². The Balaban J connectivity index is 1.87. The first-order valence-electron chi connectivity index (χ1n) is 5.73. The Morgan fingerprint density at radius 2 is 2.20 bits per heavy atom. The number of aryl methyl sites for hydroxylation is 1. The summed E-state index contributed by atoms with van der Waals surface area (Å²) in [5.41, 5.74) is 2.51. The molecule has 1 aromatic heterocycles. The first-order valence-corrected chi connectivity index (χ1v) is 5.73. The fourth-order valence-electron chi connectivity index (χ4n) is 2.42. The molecule has 0 aromatic carbocycles. The minimum absolute atomic E-state index is 0.216. The minimum atomic E-state index is 0.216. The summed E-state index contributed by atoms with van der Waals surface area (Å²) in [7, 11) is 0. The van der Waals surface area contributed by atoms with Crippen molar-refractivity contribution in [2.75, 3.05) is 19.8 Å². The van der Waals surface area contributed by atoms with E-state index in [0.717, 1.165) is 31.8 Å². The lowest BCUT2D eigenvalue weighted by Gasteiger charge is -2.23. The molecule has 4 heteroatoms. The van der Waals surface area contributed by atoms with Crippen LogP contribution in [-0.2, 0) is 17.6 Å². The number of rotatable bonds is 1. The number of hydrogen-bond donors (Lipinski definition) is 1. The van der Waals surface area contributed by atoms with Crippen molar-refractivity contribution in [3.63, 3.8) is 0 Å². The molecule has 0 amide bonds. The van der Waals surface area contributed by atoms with Gasteiger partial charge in [-0.2, -0.15) is 0 Å². The molecule has 0 spiro atoms. The average Bonchev–Trinajstić information content (AvgIpc) is 2.74. The zero-order valence-corrected chi connectivity index (χ0v) is 8.79. The van der Waals surface area contributed by atoms with Crippen molar-refractivity contribution >= 4 is 0 Å². The van der Waals surface area contributed by atoms with E-state index < -0.39 is 0 Å².